The zero-order valence-electron chi connectivity index (χ0n) is 16.4. The summed E-state index contributed by atoms with van der Waals surface area (Å²) in [7, 11) is 1.78. The van der Waals surface area contributed by atoms with Gasteiger partial charge in [-0.1, -0.05) is 48.2 Å². The number of hydrogen-bond acceptors (Lipinski definition) is 4. The number of thioether (sulfide) groups is 1. The van der Waals surface area contributed by atoms with Gasteiger partial charge in [0.1, 0.15) is 5.82 Å². The maximum absolute atomic E-state index is 14.1. The smallest absolute Gasteiger partial charge is 0.233 e. The van der Waals surface area contributed by atoms with Gasteiger partial charge in [0.2, 0.25) is 5.91 Å². The van der Waals surface area contributed by atoms with E-state index in [4.69, 9.17) is 0 Å². The van der Waals surface area contributed by atoms with Crippen LogP contribution in [0.25, 0.3) is 11.4 Å². The number of hydrogen-bond donors (Lipinski definition) is 1. The number of benzene rings is 2. The van der Waals surface area contributed by atoms with Crippen LogP contribution in [-0.4, -0.2) is 25.9 Å². The molecule has 0 bridgehead atoms. The maximum atomic E-state index is 14.1. The van der Waals surface area contributed by atoms with Gasteiger partial charge in [-0.05, 0) is 49.4 Å². The molecule has 1 aromatic heterocycles. The van der Waals surface area contributed by atoms with Gasteiger partial charge in [-0.2, -0.15) is 0 Å². The molecule has 0 radical (unpaired) electrons. The van der Waals surface area contributed by atoms with E-state index in [0.717, 1.165) is 19.3 Å². The number of amides is 1. The van der Waals surface area contributed by atoms with Crippen LogP contribution in [0.4, 0.5) is 4.39 Å². The highest BCUT2D eigenvalue weighted by Crippen LogP contribution is 2.31. The molecule has 0 unspecified atom stereocenters. The van der Waals surface area contributed by atoms with Gasteiger partial charge in [-0.15, -0.1) is 10.2 Å². The molecule has 1 heterocycles. The average molecular weight is 411 g/mol. The predicted octanol–water partition coefficient (Wildman–Crippen LogP) is 4.30. The minimum absolute atomic E-state index is 0.0351. The van der Waals surface area contributed by atoms with E-state index in [9.17, 15) is 9.18 Å². The van der Waals surface area contributed by atoms with Crippen molar-refractivity contribution >= 4 is 17.7 Å². The second-order valence-corrected chi connectivity index (χ2v) is 8.57. The molecular weight excluding hydrogens is 387 g/mol. The van der Waals surface area contributed by atoms with Crippen molar-refractivity contribution in [3.8, 4) is 11.4 Å². The second-order valence-electron chi connectivity index (χ2n) is 7.26. The molecule has 1 aliphatic carbocycles. The van der Waals surface area contributed by atoms with Gasteiger partial charge in [0.15, 0.2) is 11.0 Å². The Balaban J connectivity index is 1.46. The van der Waals surface area contributed by atoms with E-state index in [2.05, 4.69) is 27.6 Å². The molecule has 0 spiro atoms. The van der Waals surface area contributed by atoms with Crippen molar-refractivity contribution in [2.45, 2.75) is 42.6 Å². The fourth-order valence-electron chi connectivity index (χ4n) is 3.70. The summed E-state index contributed by atoms with van der Waals surface area (Å²) in [6, 6.07) is 14.8. The molecular formula is C22H23FN4OS. The molecule has 29 heavy (non-hydrogen) atoms. The van der Waals surface area contributed by atoms with Crippen molar-refractivity contribution in [2.75, 3.05) is 0 Å². The fourth-order valence-corrected chi connectivity index (χ4v) is 4.52. The normalized spacial score (nSPS) is 16.9. The van der Waals surface area contributed by atoms with E-state index < -0.39 is 0 Å². The Kier molecular flexibility index (Phi) is 5.67. The highest BCUT2D eigenvalue weighted by Gasteiger charge is 2.25. The lowest BCUT2D eigenvalue weighted by atomic mass is 9.88. The van der Waals surface area contributed by atoms with E-state index in [1.807, 2.05) is 19.1 Å². The summed E-state index contributed by atoms with van der Waals surface area (Å²) in [6.07, 6.45) is 3.07. The van der Waals surface area contributed by atoms with Crippen LogP contribution < -0.4 is 5.32 Å². The highest BCUT2D eigenvalue weighted by atomic mass is 32.2. The Morgan fingerprint density at radius 3 is 2.79 bits per heavy atom. The van der Waals surface area contributed by atoms with Gasteiger partial charge in [-0.25, -0.2) is 4.39 Å². The van der Waals surface area contributed by atoms with Crippen molar-refractivity contribution in [3.05, 3.63) is 65.5 Å². The van der Waals surface area contributed by atoms with Crippen LogP contribution in [0.5, 0.6) is 0 Å². The minimum atomic E-state index is -0.347. The van der Waals surface area contributed by atoms with Crippen molar-refractivity contribution in [1.82, 2.24) is 20.1 Å². The van der Waals surface area contributed by atoms with Gasteiger partial charge in [0.05, 0.1) is 16.9 Å². The summed E-state index contributed by atoms with van der Waals surface area (Å²) >= 11 is 1.32. The van der Waals surface area contributed by atoms with E-state index in [1.54, 1.807) is 29.8 Å². The molecule has 2 aromatic carbocycles. The van der Waals surface area contributed by atoms with Crippen molar-refractivity contribution < 1.29 is 9.18 Å². The molecule has 1 N–H and O–H groups in total. The van der Waals surface area contributed by atoms with Crippen LogP contribution in [-0.2, 0) is 18.3 Å². The number of nitrogens with one attached hydrogen (secondary N) is 1. The zero-order valence-corrected chi connectivity index (χ0v) is 17.2. The molecule has 5 nitrogen and oxygen atoms in total. The lowest BCUT2D eigenvalue weighted by Crippen LogP contribution is -2.36. The molecule has 0 saturated carbocycles. The number of aryl methyl sites for hydroxylation is 1. The SMILES string of the molecule is C[C@@H](Sc1nnc(-c2ccccc2F)n1C)C(=O)N[C@H]1CCCc2ccccc21. The third kappa shape index (κ3) is 4.05. The minimum Gasteiger partial charge on any atom is -0.348 e. The van der Waals surface area contributed by atoms with Gasteiger partial charge < -0.3 is 9.88 Å². The summed E-state index contributed by atoms with van der Waals surface area (Å²) < 4.78 is 15.8. The summed E-state index contributed by atoms with van der Waals surface area (Å²) in [4.78, 5) is 12.8. The lowest BCUT2D eigenvalue weighted by molar-refractivity contribution is -0.121. The van der Waals surface area contributed by atoms with Crippen LogP contribution in [0, 0.1) is 5.82 Å². The highest BCUT2D eigenvalue weighted by molar-refractivity contribution is 8.00. The fraction of sp³-hybridized carbons (Fsp3) is 0.318. The average Bonchev–Trinajstić information content (AvgIpc) is 3.08. The van der Waals surface area contributed by atoms with Gasteiger partial charge in [0, 0.05) is 7.05 Å². The summed E-state index contributed by atoms with van der Waals surface area (Å²) in [6.45, 7) is 1.85. The van der Waals surface area contributed by atoms with Crippen molar-refractivity contribution in [3.63, 3.8) is 0 Å². The summed E-state index contributed by atoms with van der Waals surface area (Å²) in [5, 5.41) is 11.7. The third-order valence-corrected chi connectivity index (χ3v) is 6.42. The summed E-state index contributed by atoms with van der Waals surface area (Å²) in [5.41, 5.74) is 2.92. The maximum Gasteiger partial charge on any atom is 0.233 e. The summed E-state index contributed by atoms with van der Waals surface area (Å²) in [5.74, 6) is 0.0628. The topological polar surface area (TPSA) is 59.8 Å². The quantitative estimate of drug-likeness (QED) is 0.638. The van der Waals surface area contributed by atoms with Crippen molar-refractivity contribution in [2.24, 2.45) is 7.05 Å². The largest absolute Gasteiger partial charge is 0.348 e. The first-order valence-electron chi connectivity index (χ1n) is 9.73. The molecule has 0 fully saturated rings. The molecule has 1 aliphatic rings. The molecule has 0 saturated heterocycles. The van der Waals surface area contributed by atoms with Gasteiger partial charge in [0.25, 0.3) is 0 Å². The number of carbonyl (C=O) groups excluding carboxylic acids is 1. The van der Waals surface area contributed by atoms with Crippen LogP contribution in [0.1, 0.15) is 36.9 Å². The van der Waals surface area contributed by atoms with Crippen LogP contribution in [0.2, 0.25) is 0 Å². The monoisotopic (exact) mass is 410 g/mol. The number of nitrogens with zero attached hydrogens (tertiary/aromatic N) is 3. The standard InChI is InChI=1S/C22H23FN4OS/c1-14(21(28)24-19-13-7-9-15-8-3-4-10-16(15)19)29-22-26-25-20(27(22)2)17-11-5-6-12-18(17)23/h3-6,8,10-12,14,19H,7,9,13H2,1-2H3,(H,24,28)/t14-,19+/m1/s1. The number of halogens is 1. The molecule has 3 aromatic rings. The van der Waals surface area contributed by atoms with E-state index in [0.29, 0.717) is 16.5 Å². The van der Waals surface area contributed by atoms with Gasteiger partial charge in [-0.3, -0.25) is 4.79 Å². The van der Waals surface area contributed by atoms with Gasteiger partial charge >= 0.3 is 0 Å². The molecule has 0 aliphatic heterocycles. The lowest BCUT2D eigenvalue weighted by Gasteiger charge is -2.27. The number of fused-ring (bicyclic) bond motifs is 1. The Morgan fingerprint density at radius 2 is 1.97 bits per heavy atom. The van der Waals surface area contributed by atoms with Crippen LogP contribution >= 0.6 is 11.8 Å². The molecule has 150 valence electrons. The zero-order chi connectivity index (χ0) is 20.4. The third-order valence-electron chi connectivity index (χ3n) is 5.29. The molecule has 4 rings (SSSR count). The number of rotatable bonds is 5. The van der Waals surface area contributed by atoms with E-state index in [-0.39, 0.29) is 23.0 Å². The number of carbonyl (C=O) groups is 1. The van der Waals surface area contributed by atoms with E-state index in [1.165, 1.54) is 29.0 Å². The Labute approximate surface area is 173 Å². The Bertz CT molecular complexity index is 1040. The van der Waals surface area contributed by atoms with Crippen LogP contribution in [0.15, 0.2) is 53.7 Å². The molecule has 2 atom stereocenters. The first-order valence-corrected chi connectivity index (χ1v) is 10.6. The molecule has 7 heteroatoms. The first kappa shape index (κ1) is 19.6. The molecule has 1 amide bonds. The Hall–Kier alpha value is -2.67. The van der Waals surface area contributed by atoms with Crippen molar-refractivity contribution in [1.29, 1.82) is 0 Å². The number of aromatic nitrogens is 3. The first-order chi connectivity index (χ1) is 14.0. The second kappa shape index (κ2) is 8.37. The van der Waals surface area contributed by atoms with E-state index >= 15 is 0 Å². The predicted molar refractivity (Wildman–Crippen MR) is 112 cm³/mol. The Morgan fingerprint density at radius 1 is 1.21 bits per heavy atom. The van der Waals surface area contributed by atoms with Crippen LogP contribution in [0.3, 0.4) is 0 Å².